The number of ether oxygens (including phenoxy) is 3. The Balaban J connectivity index is 2.89. The van der Waals surface area contributed by atoms with Crippen molar-refractivity contribution in [3.63, 3.8) is 0 Å². The molecule has 0 saturated carbocycles. The largest absolute Gasteiger partial charge is 0.466 e. The lowest BCUT2D eigenvalue weighted by Crippen LogP contribution is -2.54. The molecule has 1 aliphatic rings. The minimum absolute atomic E-state index is 0.0589. The molecule has 0 aromatic carbocycles. The Bertz CT molecular complexity index is 474. The molecule has 9 heteroatoms. The van der Waals surface area contributed by atoms with E-state index in [-0.39, 0.29) is 13.2 Å². The van der Waals surface area contributed by atoms with E-state index in [0.717, 1.165) is 6.42 Å². The maximum Gasteiger partial charge on any atom is 0.312 e. The van der Waals surface area contributed by atoms with Crippen molar-refractivity contribution in [2.24, 2.45) is 11.7 Å². The van der Waals surface area contributed by atoms with Gasteiger partial charge in [0.25, 0.3) is 0 Å². The van der Waals surface area contributed by atoms with Crippen molar-refractivity contribution in [1.29, 1.82) is 0 Å². The Morgan fingerprint density at radius 3 is 2.38 bits per heavy atom. The second kappa shape index (κ2) is 9.86. The Hall–Kier alpha value is -2.16. The smallest absolute Gasteiger partial charge is 0.312 e. The summed E-state index contributed by atoms with van der Waals surface area (Å²) in [5.41, 5.74) is 5.31. The van der Waals surface area contributed by atoms with Gasteiger partial charge in [0.2, 0.25) is 11.8 Å². The molecule has 3 N–H and O–H groups in total. The van der Waals surface area contributed by atoms with Crippen molar-refractivity contribution in [2.75, 3.05) is 19.8 Å². The molecule has 1 aliphatic heterocycles. The molecule has 9 nitrogen and oxygen atoms in total. The molecule has 0 aliphatic carbocycles. The van der Waals surface area contributed by atoms with Gasteiger partial charge >= 0.3 is 11.9 Å². The van der Waals surface area contributed by atoms with Gasteiger partial charge in [-0.2, -0.15) is 0 Å². The summed E-state index contributed by atoms with van der Waals surface area (Å²) in [6.45, 7) is 3.83. The zero-order valence-corrected chi connectivity index (χ0v) is 13.9. The van der Waals surface area contributed by atoms with Crippen LogP contribution in [-0.2, 0) is 33.4 Å². The van der Waals surface area contributed by atoms with Crippen LogP contribution >= 0.6 is 0 Å². The minimum atomic E-state index is -1.38. The molecule has 1 rings (SSSR count). The van der Waals surface area contributed by atoms with Crippen LogP contribution in [0.15, 0.2) is 0 Å². The summed E-state index contributed by atoms with van der Waals surface area (Å²) in [5.74, 6) is -4.24. The number of amides is 2. The fraction of sp³-hybridized carbons (Fsp3) is 0.733. The molecule has 1 heterocycles. The summed E-state index contributed by atoms with van der Waals surface area (Å²) in [4.78, 5) is 47.7. The summed E-state index contributed by atoms with van der Waals surface area (Å²) in [6, 6.07) is -1.38. The van der Waals surface area contributed by atoms with Crippen LogP contribution in [0, 0.1) is 5.92 Å². The predicted molar refractivity (Wildman–Crippen MR) is 81.5 cm³/mol. The van der Waals surface area contributed by atoms with Gasteiger partial charge in [-0.3, -0.25) is 19.2 Å². The second-order valence-corrected chi connectivity index (χ2v) is 5.26. The summed E-state index contributed by atoms with van der Waals surface area (Å²) < 4.78 is 14.9. The quantitative estimate of drug-likeness (QED) is 0.526. The molecule has 24 heavy (non-hydrogen) atoms. The van der Waals surface area contributed by atoms with Crippen LogP contribution in [0.5, 0.6) is 0 Å². The number of rotatable bonds is 9. The third-order valence-corrected chi connectivity index (χ3v) is 3.51. The molecule has 2 amide bonds. The molecular formula is C15H24N2O7. The highest BCUT2D eigenvalue weighted by atomic mass is 16.5. The van der Waals surface area contributed by atoms with E-state index in [4.69, 9.17) is 19.9 Å². The van der Waals surface area contributed by atoms with Crippen molar-refractivity contribution in [3.8, 4) is 0 Å². The van der Waals surface area contributed by atoms with Gasteiger partial charge in [-0.1, -0.05) is 0 Å². The number of carbonyl (C=O) groups excluding carboxylic acids is 4. The van der Waals surface area contributed by atoms with Crippen LogP contribution < -0.4 is 11.1 Å². The normalized spacial score (nSPS) is 19.2. The van der Waals surface area contributed by atoms with Crippen LogP contribution in [0.1, 0.15) is 33.1 Å². The van der Waals surface area contributed by atoms with Crippen LogP contribution in [0.25, 0.3) is 0 Å². The summed E-state index contributed by atoms with van der Waals surface area (Å²) in [7, 11) is 0. The van der Waals surface area contributed by atoms with E-state index in [1.165, 1.54) is 0 Å². The van der Waals surface area contributed by atoms with Gasteiger partial charge in [-0.15, -0.1) is 0 Å². The van der Waals surface area contributed by atoms with E-state index in [0.29, 0.717) is 13.0 Å². The first-order valence-electron chi connectivity index (χ1n) is 7.94. The molecular weight excluding hydrogens is 320 g/mol. The highest BCUT2D eigenvalue weighted by Gasteiger charge is 2.38. The van der Waals surface area contributed by atoms with E-state index in [1.807, 2.05) is 0 Å². The zero-order valence-electron chi connectivity index (χ0n) is 13.9. The molecule has 0 spiro atoms. The lowest BCUT2D eigenvalue weighted by Gasteiger charge is -2.24. The SMILES string of the molecule is CCOC(=O)C[C@H](C(=O)OCC)[C@H](NC(=O)[C@H]1CCCO1)C(N)=O. The first-order chi connectivity index (χ1) is 11.4. The average Bonchev–Trinajstić information content (AvgIpc) is 3.05. The molecule has 0 aromatic rings. The van der Waals surface area contributed by atoms with Gasteiger partial charge in [-0.25, -0.2) is 0 Å². The van der Waals surface area contributed by atoms with Gasteiger partial charge in [0.05, 0.1) is 25.6 Å². The standard InChI is InChI=1S/C15H24N2O7/c1-3-22-11(18)8-9(15(21)23-4-2)12(13(16)19)17-14(20)10-6-5-7-24-10/h9-10,12H,3-8H2,1-2H3,(H2,16,19)(H,17,20)/t9-,10+,12-/m0/s1. The topological polar surface area (TPSA) is 134 Å². The van der Waals surface area contributed by atoms with Crippen LogP contribution in [0.2, 0.25) is 0 Å². The van der Waals surface area contributed by atoms with Crippen molar-refractivity contribution in [2.45, 2.75) is 45.3 Å². The average molecular weight is 344 g/mol. The maximum atomic E-state index is 12.1. The van der Waals surface area contributed by atoms with Crippen molar-refractivity contribution >= 4 is 23.8 Å². The molecule has 1 saturated heterocycles. The molecule has 0 aromatic heterocycles. The molecule has 0 bridgehead atoms. The van der Waals surface area contributed by atoms with Gasteiger partial charge in [0.1, 0.15) is 12.1 Å². The number of hydrogen-bond donors (Lipinski definition) is 2. The Labute approximate surface area is 140 Å². The number of nitrogens with two attached hydrogens (primary N) is 1. The van der Waals surface area contributed by atoms with E-state index in [1.54, 1.807) is 13.8 Å². The predicted octanol–water partition coefficient (Wildman–Crippen LogP) is -0.732. The Morgan fingerprint density at radius 1 is 1.21 bits per heavy atom. The van der Waals surface area contributed by atoms with Gasteiger partial charge in [0, 0.05) is 6.61 Å². The minimum Gasteiger partial charge on any atom is -0.466 e. The van der Waals surface area contributed by atoms with E-state index in [9.17, 15) is 19.2 Å². The summed E-state index contributed by atoms with van der Waals surface area (Å²) in [5, 5.41) is 2.40. The third-order valence-electron chi connectivity index (χ3n) is 3.51. The van der Waals surface area contributed by atoms with Crippen molar-refractivity contribution in [1.82, 2.24) is 5.32 Å². The number of primary amides is 1. The van der Waals surface area contributed by atoms with Gasteiger partial charge < -0.3 is 25.3 Å². The van der Waals surface area contributed by atoms with Crippen LogP contribution in [-0.4, -0.2) is 55.7 Å². The number of carbonyl (C=O) groups is 4. The number of esters is 2. The molecule has 0 radical (unpaired) electrons. The first kappa shape index (κ1) is 19.9. The zero-order chi connectivity index (χ0) is 18.1. The first-order valence-corrected chi connectivity index (χ1v) is 7.94. The van der Waals surface area contributed by atoms with Gasteiger partial charge in [0.15, 0.2) is 0 Å². The van der Waals surface area contributed by atoms with Crippen LogP contribution in [0.3, 0.4) is 0 Å². The maximum absolute atomic E-state index is 12.1. The molecule has 3 atom stereocenters. The third kappa shape index (κ3) is 5.80. The highest BCUT2D eigenvalue weighted by molar-refractivity contribution is 5.93. The monoisotopic (exact) mass is 344 g/mol. The molecule has 1 fully saturated rings. The number of nitrogens with one attached hydrogen (secondary N) is 1. The fourth-order valence-electron chi connectivity index (χ4n) is 2.39. The molecule has 136 valence electrons. The lowest BCUT2D eigenvalue weighted by atomic mass is 9.95. The fourth-order valence-corrected chi connectivity index (χ4v) is 2.39. The summed E-state index contributed by atoms with van der Waals surface area (Å²) in [6.07, 6.45) is 0.117. The van der Waals surface area contributed by atoms with Gasteiger partial charge in [-0.05, 0) is 26.7 Å². The Kier molecular flexibility index (Phi) is 8.17. The highest BCUT2D eigenvalue weighted by Crippen LogP contribution is 2.16. The lowest BCUT2D eigenvalue weighted by molar-refractivity contribution is -0.157. The van der Waals surface area contributed by atoms with E-state index < -0.39 is 48.2 Å². The Morgan fingerprint density at radius 2 is 1.88 bits per heavy atom. The van der Waals surface area contributed by atoms with Crippen LogP contribution in [0.4, 0.5) is 0 Å². The van der Waals surface area contributed by atoms with E-state index >= 15 is 0 Å². The molecule has 0 unspecified atom stereocenters. The summed E-state index contributed by atoms with van der Waals surface area (Å²) >= 11 is 0. The van der Waals surface area contributed by atoms with E-state index in [2.05, 4.69) is 5.32 Å². The van der Waals surface area contributed by atoms with Crippen molar-refractivity contribution < 1.29 is 33.4 Å². The second-order valence-electron chi connectivity index (χ2n) is 5.26. The number of hydrogen-bond acceptors (Lipinski definition) is 7. The van der Waals surface area contributed by atoms with Crippen molar-refractivity contribution in [3.05, 3.63) is 0 Å².